The largest absolute Gasteiger partial charge is 0.317 e. The molecule has 3 unspecified atom stereocenters. The maximum Gasteiger partial charge on any atom is 0.00924 e. The summed E-state index contributed by atoms with van der Waals surface area (Å²) in [7, 11) is 2.15. The van der Waals surface area contributed by atoms with Crippen molar-refractivity contribution in [2.24, 2.45) is 17.8 Å². The third-order valence-corrected chi connectivity index (χ3v) is 5.00. The zero-order valence-electron chi connectivity index (χ0n) is 11.2. The molecule has 2 aliphatic rings. The molecule has 0 saturated heterocycles. The van der Waals surface area contributed by atoms with Gasteiger partial charge in [0.1, 0.15) is 0 Å². The van der Waals surface area contributed by atoms with Gasteiger partial charge in [0.25, 0.3) is 0 Å². The lowest BCUT2D eigenvalue weighted by atomic mass is 9.75. The Morgan fingerprint density at radius 2 is 1.75 bits per heavy atom. The molecule has 1 N–H and O–H groups in total. The number of hydrogen-bond acceptors (Lipinski definition) is 1. The molecule has 2 saturated carbocycles. The van der Waals surface area contributed by atoms with E-state index in [2.05, 4.69) is 19.3 Å². The minimum Gasteiger partial charge on any atom is -0.317 e. The fourth-order valence-electron chi connectivity index (χ4n) is 3.71. The maximum absolute atomic E-state index is 3.54. The summed E-state index contributed by atoms with van der Waals surface area (Å²) in [5, 5.41) is 3.54. The van der Waals surface area contributed by atoms with Crippen molar-refractivity contribution in [2.75, 3.05) is 7.05 Å². The van der Waals surface area contributed by atoms with Crippen molar-refractivity contribution in [2.45, 2.75) is 70.8 Å². The Bertz CT molecular complexity index is 198. The minimum absolute atomic E-state index is 0.833. The van der Waals surface area contributed by atoms with Crippen LogP contribution in [0.3, 0.4) is 0 Å². The molecule has 1 heteroatoms. The van der Waals surface area contributed by atoms with Crippen molar-refractivity contribution in [3.8, 4) is 0 Å². The Kier molecular flexibility index (Phi) is 4.69. The predicted octanol–water partition coefficient (Wildman–Crippen LogP) is 3.98. The zero-order chi connectivity index (χ0) is 11.4. The Balaban J connectivity index is 1.73. The summed E-state index contributed by atoms with van der Waals surface area (Å²) >= 11 is 0. The third kappa shape index (κ3) is 3.23. The Morgan fingerprint density at radius 1 is 1.06 bits per heavy atom. The summed E-state index contributed by atoms with van der Waals surface area (Å²) in [5.41, 5.74) is 0. The van der Waals surface area contributed by atoms with E-state index in [0.29, 0.717) is 0 Å². The highest BCUT2D eigenvalue weighted by Crippen LogP contribution is 2.38. The first-order chi connectivity index (χ1) is 7.85. The molecule has 94 valence electrons. The summed E-state index contributed by atoms with van der Waals surface area (Å²) < 4.78 is 0. The van der Waals surface area contributed by atoms with Crippen LogP contribution in [0.15, 0.2) is 0 Å². The lowest BCUT2D eigenvalue weighted by Crippen LogP contribution is -2.29. The number of hydrogen-bond donors (Lipinski definition) is 1. The van der Waals surface area contributed by atoms with E-state index in [-0.39, 0.29) is 0 Å². The third-order valence-electron chi connectivity index (χ3n) is 5.00. The second-order valence-electron chi connectivity index (χ2n) is 6.02. The molecule has 2 fully saturated rings. The molecule has 0 radical (unpaired) electrons. The van der Waals surface area contributed by atoms with E-state index >= 15 is 0 Å². The molecule has 2 aliphatic carbocycles. The monoisotopic (exact) mass is 223 g/mol. The molecular weight excluding hydrogens is 194 g/mol. The second kappa shape index (κ2) is 6.05. The highest BCUT2D eigenvalue weighted by atomic mass is 14.9. The summed E-state index contributed by atoms with van der Waals surface area (Å²) in [6.07, 6.45) is 13.3. The first-order valence-electron chi connectivity index (χ1n) is 7.52. The van der Waals surface area contributed by atoms with Gasteiger partial charge < -0.3 is 5.32 Å². The van der Waals surface area contributed by atoms with E-state index in [0.717, 1.165) is 23.8 Å². The van der Waals surface area contributed by atoms with Crippen LogP contribution in [0.4, 0.5) is 0 Å². The molecule has 0 bridgehead atoms. The van der Waals surface area contributed by atoms with Crippen molar-refractivity contribution in [1.82, 2.24) is 5.32 Å². The van der Waals surface area contributed by atoms with Crippen LogP contribution in [-0.4, -0.2) is 13.1 Å². The average molecular weight is 223 g/mol. The van der Waals surface area contributed by atoms with Crippen LogP contribution < -0.4 is 5.32 Å². The van der Waals surface area contributed by atoms with E-state index in [9.17, 15) is 0 Å². The van der Waals surface area contributed by atoms with Crippen molar-refractivity contribution >= 4 is 0 Å². The van der Waals surface area contributed by atoms with Gasteiger partial charge in [0.15, 0.2) is 0 Å². The molecule has 0 aromatic carbocycles. The first-order valence-corrected chi connectivity index (χ1v) is 7.52. The molecule has 16 heavy (non-hydrogen) atoms. The summed E-state index contributed by atoms with van der Waals surface area (Å²) in [5.74, 6) is 3.12. The van der Waals surface area contributed by atoms with Crippen LogP contribution >= 0.6 is 0 Å². The normalized spacial score (nSPS) is 32.6. The van der Waals surface area contributed by atoms with Crippen LogP contribution in [0.1, 0.15) is 64.7 Å². The van der Waals surface area contributed by atoms with Gasteiger partial charge in [0.2, 0.25) is 0 Å². The second-order valence-corrected chi connectivity index (χ2v) is 6.02. The quantitative estimate of drug-likeness (QED) is 0.718. The molecular formula is C15H29N. The Morgan fingerprint density at radius 3 is 2.31 bits per heavy atom. The van der Waals surface area contributed by atoms with Crippen LogP contribution in [0.25, 0.3) is 0 Å². The summed E-state index contributed by atoms with van der Waals surface area (Å²) in [6, 6.07) is 0.833. The molecule has 0 heterocycles. The van der Waals surface area contributed by atoms with Crippen LogP contribution in [0, 0.1) is 17.8 Å². The highest BCUT2D eigenvalue weighted by molar-refractivity contribution is 4.86. The standard InChI is InChI=1S/C15H29N/c1-3-12-6-4-5-7-13(12)10-11-15(16-2)14-8-9-14/h12-16H,3-11H2,1-2H3. The lowest BCUT2D eigenvalue weighted by molar-refractivity contribution is 0.206. The zero-order valence-corrected chi connectivity index (χ0v) is 11.2. The summed E-state index contributed by atoms with van der Waals surface area (Å²) in [4.78, 5) is 0. The minimum atomic E-state index is 0.833. The maximum atomic E-state index is 3.54. The van der Waals surface area contributed by atoms with Gasteiger partial charge in [-0.25, -0.2) is 0 Å². The molecule has 0 spiro atoms. The predicted molar refractivity (Wildman–Crippen MR) is 70.5 cm³/mol. The van der Waals surface area contributed by atoms with Gasteiger partial charge in [0.05, 0.1) is 0 Å². The molecule has 0 amide bonds. The van der Waals surface area contributed by atoms with Crippen molar-refractivity contribution in [1.29, 1.82) is 0 Å². The fraction of sp³-hybridized carbons (Fsp3) is 1.00. The first kappa shape index (κ1) is 12.4. The highest BCUT2D eigenvalue weighted by Gasteiger charge is 2.31. The lowest BCUT2D eigenvalue weighted by Gasteiger charge is -2.32. The van der Waals surface area contributed by atoms with E-state index in [1.54, 1.807) is 0 Å². The van der Waals surface area contributed by atoms with Gasteiger partial charge in [0, 0.05) is 6.04 Å². The number of rotatable bonds is 6. The molecule has 3 atom stereocenters. The topological polar surface area (TPSA) is 12.0 Å². The van der Waals surface area contributed by atoms with Crippen molar-refractivity contribution in [3.63, 3.8) is 0 Å². The average Bonchev–Trinajstić information content (AvgIpc) is 3.15. The van der Waals surface area contributed by atoms with E-state index in [1.807, 2.05) is 0 Å². The Hall–Kier alpha value is -0.0400. The summed E-state index contributed by atoms with van der Waals surface area (Å²) in [6.45, 7) is 2.39. The van der Waals surface area contributed by atoms with E-state index in [4.69, 9.17) is 0 Å². The van der Waals surface area contributed by atoms with Gasteiger partial charge in [-0.1, -0.05) is 39.0 Å². The molecule has 2 rings (SSSR count). The van der Waals surface area contributed by atoms with Crippen molar-refractivity contribution in [3.05, 3.63) is 0 Å². The molecule has 0 aliphatic heterocycles. The smallest absolute Gasteiger partial charge is 0.00924 e. The van der Waals surface area contributed by atoms with Gasteiger partial charge in [-0.15, -0.1) is 0 Å². The van der Waals surface area contributed by atoms with Gasteiger partial charge in [-0.2, -0.15) is 0 Å². The fourth-order valence-corrected chi connectivity index (χ4v) is 3.71. The van der Waals surface area contributed by atoms with Crippen LogP contribution in [0.5, 0.6) is 0 Å². The van der Waals surface area contributed by atoms with Gasteiger partial charge in [-0.3, -0.25) is 0 Å². The molecule has 0 aromatic rings. The SMILES string of the molecule is CCC1CCCCC1CCC(NC)C1CC1. The number of nitrogens with one attached hydrogen (secondary N) is 1. The molecule has 1 nitrogen and oxygen atoms in total. The van der Waals surface area contributed by atoms with Crippen LogP contribution in [-0.2, 0) is 0 Å². The Labute approximate surface area is 101 Å². The van der Waals surface area contributed by atoms with Crippen LogP contribution in [0.2, 0.25) is 0 Å². The molecule has 0 aromatic heterocycles. The van der Waals surface area contributed by atoms with E-state index < -0.39 is 0 Å². The van der Waals surface area contributed by atoms with Crippen molar-refractivity contribution < 1.29 is 0 Å². The van der Waals surface area contributed by atoms with Gasteiger partial charge >= 0.3 is 0 Å². The van der Waals surface area contributed by atoms with Gasteiger partial charge in [-0.05, 0) is 50.5 Å². The van der Waals surface area contributed by atoms with E-state index in [1.165, 1.54) is 57.8 Å².